The van der Waals surface area contributed by atoms with E-state index in [4.69, 9.17) is 9.84 Å². The van der Waals surface area contributed by atoms with E-state index in [1.165, 1.54) is 21.7 Å². The molecule has 0 unspecified atom stereocenters. The molecule has 214 valence electrons. The van der Waals surface area contributed by atoms with E-state index in [9.17, 15) is 19.6 Å². The zero-order valence-corrected chi connectivity index (χ0v) is 23.1. The number of anilines is 1. The molecule has 8 nitrogen and oxygen atoms in total. The predicted molar refractivity (Wildman–Crippen MR) is 163 cm³/mol. The number of aliphatic carboxylic acids is 1. The molecule has 0 bridgehead atoms. The lowest BCUT2D eigenvalue weighted by molar-refractivity contribution is -0.159. The Bertz CT molecular complexity index is 1730. The molecule has 0 saturated heterocycles. The normalized spacial score (nSPS) is 11.5. The summed E-state index contributed by atoms with van der Waals surface area (Å²) < 4.78 is 5.52. The lowest BCUT2D eigenvalue weighted by Crippen LogP contribution is -2.26. The summed E-state index contributed by atoms with van der Waals surface area (Å²) in [5.74, 6) is -1.98. The van der Waals surface area contributed by atoms with Crippen molar-refractivity contribution in [2.24, 2.45) is 0 Å². The van der Waals surface area contributed by atoms with E-state index < -0.39 is 18.0 Å². The van der Waals surface area contributed by atoms with Crippen LogP contribution in [0.2, 0.25) is 0 Å². The van der Waals surface area contributed by atoms with Crippen molar-refractivity contribution in [3.8, 4) is 0 Å². The third-order valence-electron chi connectivity index (χ3n) is 7.37. The lowest BCUT2D eigenvalue weighted by Gasteiger charge is -2.14. The Balaban J connectivity index is 1.06. The third-order valence-corrected chi connectivity index (χ3v) is 7.37. The Labute approximate surface area is 243 Å². The van der Waals surface area contributed by atoms with Gasteiger partial charge in [-0.05, 0) is 63.4 Å². The fourth-order valence-corrected chi connectivity index (χ4v) is 5.22. The molecule has 0 heterocycles. The first kappa shape index (κ1) is 28.6. The molecule has 0 spiro atoms. The Morgan fingerprint density at radius 2 is 1.38 bits per heavy atom. The van der Waals surface area contributed by atoms with Gasteiger partial charge in [-0.1, -0.05) is 85.6 Å². The number of carboxylic acids is 1. The molecular formula is C34H32N2O6. The molecule has 5 aromatic carbocycles. The van der Waals surface area contributed by atoms with Crippen LogP contribution in [0.1, 0.15) is 36.8 Å². The Morgan fingerprint density at radius 1 is 0.738 bits per heavy atom. The second-order valence-electron chi connectivity index (χ2n) is 10.3. The van der Waals surface area contributed by atoms with E-state index in [0.717, 1.165) is 59.2 Å². The number of rotatable bonds is 12. The van der Waals surface area contributed by atoms with E-state index in [2.05, 4.69) is 41.7 Å². The maximum absolute atomic E-state index is 12.7. The standard InChI is InChI=1S/C34H32N2O6/c37-30(19-20-31(38)39)36(41)21-4-2-1-3-6-23-9-11-24(12-10-23)22-42-34(40)35-29-18-16-27-14-13-25-7-5-8-26-15-17-28(29)33(27)32(25)26/h5,7-20,41H,1-4,6,21-22H2,(H,35,40)(H,38,39)/b20-19+. The number of nitrogens with one attached hydrogen (secondary N) is 1. The molecule has 0 saturated carbocycles. The fraction of sp³-hybridized carbons (Fsp3) is 0.206. The minimum atomic E-state index is -1.24. The zero-order chi connectivity index (χ0) is 29.5. The minimum Gasteiger partial charge on any atom is -0.478 e. The Hall–Kier alpha value is -4.95. The number of hydrogen-bond donors (Lipinski definition) is 3. The molecule has 0 fully saturated rings. The van der Waals surface area contributed by atoms with E-state index in [-0.39, 0.29) is 13.2 Å². The van der Waals surface area contributed by atoms with Crippen LogP contribution < -0.4 is 5.32 Å². The number of carbonyl (C=O) groups is 3. The van der Waals surface area contributed by atoms with Crippen LogP contribution >= 0.6 is 0 Å². The average Bonchev–Trinajstić information content (AvgIpc) is 3.00. The number of hydroxylamine groups is 2. The average molecular weight is 565 g/mol. The van der Waals surface area contributed by atoms with Gasteiger partial charge in [-0.25, -0.2) is 14.7 Å². The van der Waals surface area contributed by atoms with E-state index >= 15 is 0 Å². The summed E-state index contributed by atoms with van der Waals surface area (Å²) in [5, 5.41) is 28.4. The maximum atomic E-state index is 12.7. The van der Waals surface area contributed by atoms with Gasteiger partial charge in [0.05, 0.1) is 5.69 Å². The number of hydrogen-bond acceptors (Lipinski definition) is 5. The second-order valence-corrected chi connectivity index (χ2v) is 10.3. The van der Waals surface area contributed by atoms with Crippen LogP contribution in [-0.2, 0) is 27.4 Å². The van der Waals surface area contributed by atoms with Crippen molar-refractivity contribution in [1.29, 1.82) is 0 Å². The van der Waals surface area contributed by atoms with E-state index in [0.29, 0.717) is 17.6 Å². The molecule has 5 aromatic rings. The van der Waals surface area contributed by atoms with Gasteiger partial charge < -0.3 is 9.84 Å². The summed E-state index contributed by atoms with van der Waals surface area (Å²) in [4.78, 5) is 34.7. The molecular weight excluding hydrogens is 532 g/mol. The molecule has 8 heteroatoms. The first-order chi connectivity index (χ1) is 20.4. The zero-order valence-electron chi connectivity index (χ0n) is 23.1. The lowest BCUT2D eigenvalue weighted by atomic mass is 9.93. The predicted octanol–water partition coefficient (Wildman–Crippen LogP) is 7.29. The van der Waals surface area contributed by atoms with Gasteiger partial charge in [-0.15, -0.1) is 0 Å². The van der Waals surface area contributed by atoms with Crippen LogP contribution in [0.4, 0.5) is 10.5 Å². The van der Waals surface area contributed by atoms with Crippen LogP contribution in [0.5, 0.6) is 0 Å². The summed E-state index contributed by atoms with van der Waals surface area (Å²) in [6, 6.07) is 26.5. The molecule has 0 radical (unpaired) electrons. The van der Waals surface area contributed by atoms with Crippen molar-refractivity contribution in [2.75, 3.05) is 11.9 Å². The quantitative estimate of drug-likeness (QED) is 0.0482. The molecule has 0 aromatic heterocycles. The van der Waals surface area contributed by atoms with Gasteiger partial charge in [0.1, 0.15) is 6.61 Å². The highest BCUT2D eigenvalue weighted by Gasteiger charge is 2.13. The Morgan fingerprint density at radius 3 is 2.12 bits per heavy atom. The van der Waals surface area contributed by atoms with Gasteiger partial charge in [0.25, 0.3) is 5.91 Å². The maximum Gasteiger partial charge on any atom is 0.411 e. The number of ether oxygens (including phenoxy) is 1. The van der Waals surface area contributed by atoms with Crippen LogP contribution in [0.3, 0.4) is 0 Å². The van der Waals surface area contributed by atoms with Gasteiger partial charge in [-0.3, -0.25) is 15.3 Å². The molecule has 0 aliphatic rings. The van der Waals surface area contributed by atoms with E-state index in [1.54, 1.807) is 0 Å². The third kappa shape index (κ3) is 6.85. The van der Waals surface area contributed by atoms with Crippen LogP contribution in [-0.4, -0.2) is 39.9 Å². The topological polar surface area (TPSA) is 116 Å². The number of benzene rings is 5. The first-order valence-corrected chi connectivity index (χ1v) is 14.0. The summed E-state index contributed by atoms with van der Waals surface area (Å²) in [7, 11) is 0. The fourth-order valence-electron chi connectivity index (χ4n) is 5.22. The second kappa shape index (κ2) is 13.1. The number of carbonyl (C=O) groups excluding carboxylic acids is 2. The molecule has 5 rings (SSSR count). The van der Waals surface area contributed by atoms with Crippen molar-refractivity contribution >= 4 is 56.0 Å². The van der Waals surface area contributed by atoms with Crippen molar-refractivity contribution in [3.05, 3.63) is 102 Å². The van der Waals surface area contributed by atoms with Crippen molar-refractivity contribution < 1.29 is 29.4 Å². The summed E-state index contributed by atoms with van der Waals surface area (Å²) >= 11 is 0. The minimum absolute atomic E-state index is 0.155. The van der Waals surface area contributed by atoms with Crippen LogP contribution in [0.15, 0.2) is 91.0 Å². The molecule has 3 N–H and O–H groups in total. The SMILES string of the molecule is O=C(O)/C=C/C(=O)N(O)CCCCCCc1ccc(COC(=O)Nc2ccc3ccc4cccc5ccc2c3c45)cc1. The van der Waals surface area contributed by atoms with Crippen molar-refractivity contribution in [3.63, 3.8) is 0 Å². The van der Waals surface area contributed by atoms with Gasteiger partial charge >= 0.3 is 12.1 Å². The number of nitrogens with zero attached hydrogens (tertiary/aromatic N) is 1. The van der Waals surface area contributed by atoms with Crippen molar-refractivity contribution in [2.45, 2.75) is 38.7 Å². The van der Waals surface area contributed by atoms with Gasteiger partial charge in [0.2, 0.25) is 0 Å². The van der Waals surface area contributed by atoms with Gasteiger partial charge in [0.15, 0.2) is 0 Å². The highest BCUT2D eigenvalue weighted by atomic mass is 16.5. The van der Waals surface area contributed by atoms with Gasteiger partial charge in [0, 0.05) is 24.1 Å². The van der Waals surface area contributed by atoms with E-state index in [1.807, 2.05) is 42.5 Å². The summed E-state index contributed by atoms with van der Waals surface area (Å²) in [6.45, 7) is 0.317. The smallest absolute Gasteiger partial charge is 0.411 e. The molecule has 0 atom stereocenters. The number of carboxylic acid groups (broad SMARTS) is 1. The van der Waals surface area contributed by atoms with Crippen LogP contribution in [0.25, 0.3) is 32.3 Å². The monoisotopic (exact) mass is 564 g/mol. The summed E-state index contributed by atoms with van der Waals surface area (Å²) in [5.41, 5.74) is 2.79. The van der Waals surface area contributed by atoms with Crippen LogP contribution in [0, 0.1) is 0 Å². The largest absolute Gasteiger partial charge is 0.478 e. The molecule has 42 heavy (non-hydrogen) atoms. The molecule has 0 aliphatic heterocycles. The first-order valence-electron chi connectivity index (χ1n) is 14.0. The highest BCUT2D eigenvalue weighted by molar-refractivity contribution is 6.25. The molecule has 0 aliphatic carbocycles. The van der Waals surface area contributed by atoms with Crippen molar-refractivity contribution in [1.82, 2.24) is 5.06 Å². The number of amides is 2. The molecule has 2 amide bonds. The van der Waals surface area contributed by atoms with Gasteiger partial charge in [-0.2, -0.15) is 0 Å². The number of aryl methyl sites for hydroxylation is 1. The highest BCUT2D eigenvalue weighted by Crippen LogP contribution is 2.37. The summed E-state index contributed by atoms with van der Waals surface area (Å²) in [6.07, 6.45) is 5.26. The Kier molecular flexibility index (Phi) is 8.94. The number of unbranched alkanes of at least 4 members (excludes halogenated alkanes) is 3.